The highest BCUT2D eigenvalue weighted by molar-refractivity contribution is 9.10. The molecule has 0 aliphatic carbocycles. The number of rotatable bonds is 10. The van der Waals surface area contributed by atoms with Crippen LogP contribution in [0.1, 0.15) is 36.6 Å². The Morgan fingerprint density at radius 2 is 1.67 bits per heavy atom. The molecule has 3 aromatic carbocycles. The zero-order chi connectivity index (χ0) is 33.1. The van der Waals surface area contributed by atoms with Crippen LogP contribution in [-0.4, -0.2) is 38.5 Å². The van der Waals surface area contributed by atoms with E-state index >= 15 is 0 Å². The van der Waals surface area contributed by atoms with Crippen LogP contribution in [0, 0.1) is 0 Å². The number of aromatic nitrogens is 1. The molecule has 0 bridgehead atoms. The highest BCUT2D eigenvalue weighted by atomic mass is 79.9. The van der Waals surface area contributed by atoms with Gasteiger partial charge in [-0.2, -0.15) is 0 Å². The number of allylic oxidation sites excluding steroid dienone is 1. The van der Waals surface area contributed by atoms with Gasteiger partial charge in [0.15, 0.2) is 27.8 Å². The average Bonchev–Trinajstić information content (AvgIpc) is 3.34. The van der Waals surface area contributed by atoms with Crippen LogP contribution in [0.5, 0.6) is 23.0 Å². The molecule has 0 fully saturated rings. The molecule has 0 spiro atoms. The van der Waals surface area contributed by atoms with Crippen LogP contribution in [0.2, 0.25) is 10.0 Å². The Bertz CT molecular complexity index is 2040. The van der Waals surface area contributed by atoms with Crippen molar-refractivity contribution in [1.29, 1.82) is 0 Å². The number of hydrogen-bond acceptors (Lipinski definition) is 9. The molecule has 13 heteroatoms. The summed E-state index contributed by atoms with van der Waals surface area (Å²) >= 11 is 17.0. The van der Waals surface area contributed by atoms with Crippen molar-refractivity contribution < 1.29 is 28.5 Å². The summed E-state index contributed by atoms with van der Waals surface area (Å²) in [4.78, 5) is 32.5. The lowest BCUT2D eigenvalue weighted by Crippen LogP contribution is -2.40. The Morgan fingerprint density at radius 1 is 0.978 bits per heavy atom. The lowest BCUT2D eigenvalue weighted by molar-refractivity contribution is -0.139. The summed E-state index contributed by atoms with van der Waals surface area (Å²) in [6.45, 7) is 3.86. The van der Waals surface area contributed by atoms with Crippen LogP contribution in [0.25, 0.3) is 6.08 Å². The first-order chi connectivity index (χ1) is 22.1. The fourth-order valence-corrected chi connectivity index (χ4v) is 6.91. The number of fused-ring (bicyclic) bond motifs is 1. The van der Waals surface area contributed by atoms with Crippen LogP contribution < -0.4 is 33.8 Å². The first kappa shape index (κ1) is 33.6. The van der Waals surface area contributed by atoms with Gasteiger partial charge in [0.2, 0.25) is 0 Å². The molecule has 9 nitrogen and oxygen atoms in total. The molecule has 1 aliphatic rings. The van der Waals surface area contributed by atoms with Crippen LogP contribution >= 0.6 is 50.5 Å². The molecule has 46 heavy (non-hydrogen) atoms. The van der Waals surface area contributed by atoms with Gasteiger partial charge in [-0.25, -0.2) is 9.79 Å². The number of hydrogen-bond donors (Lipinski definition) is 0. The Kier molecular flexibility index (Phi) is 10.5. The van der Waals surface area contributed by atoms with E-state index in [0.717, 1.165) is 5.56 Å². The van der Waals surface area contributed by atoms with Gasteiger partial charge < -0.3 is 23.7 Å². The van der Waals surface area contributed by atoms with Crippen molar-refractivity contribution in [2.45, 2.75) is 26.5 Å². The molecule has 0 saturated heterocycles. The molecule has 0 saturated carbocycles. The van der Waals surface area contributed by atoms with Crippen molar-refractivity contribution in [3.8, 4) is 23.0 Å². The fraction of sp³-hybridized carbons (Fsp3) is 0.242. The Labute approximate surface area is 287 Å². The third kappa shape index (κ3) is 6.69. The lowest BCUT2D eigenvalue weighted by Gasteiger charge is -2.26. The molecule has 0 unspecified atom stereocenters. The zero-order valence-electron chi connectivity index (χ0n) is 25.5. The number of esters is 1. The number of thiazole rings is 1. The number of carbonyl (C=O) groups excluding carboxylic acids is 1. The Balaban J connectivity index is 1.58. The van der Waals surface area contributed by atoms with Crippen LogP contribution in [-0.2, 0) is 16.1 Å². The smallest absolute Gasteiger partial charge is 0.338 e. The van der Waals surface area contributed by atoms with Gasteiger partial charge in [-0.1, -0.05) is 62.6 Å². The molecule has 0 amide bonds. The lowest BCUT2D eigenvalue weighted by atomic mass is 9.95. The zero-order valence-corrected chi connectivity index (χ0v) is 29.4. The maximum absolute atomic E-state index is 14.1. The standard InChI is InChI=1S/C33H29BrCl2N2O7S/c1-6-44-32(40)29-17(2)37-33-38(30(29)20-14-26(42-4)27(43-5)15-21(20)34)31(39)28(46-33)13-18-8-10-24(25(12-18)41-3)45-16-19-7-9-22(35)23(36)11-19/h7-15,30H,6,16H2,1-5H3/b28-13-/t30-/m0/s1. The van der Waals surface area contributed by atoms with E-state index in [1.165, 1.54) is 30.1 Å². The minimum Gasteiger partial charge on any atom is -0.493 e. The topological polar surface area (TPSA) is 97.6 Å². The van der Waals surface area contributed by atoms with Crippen LogP contribution in [0.4, 0.5) is 0 Å². The number of benzene rings is 3. The SMILES string of the molecule is CCOC(=O)C1=C(C)N=c2s/c(=C\c3ccc(OCc4ccc(Cl)c(Cl)c4)c(OC)c3)c(=O)n2[C@H]1c1cc(OC)c(OC)cc1Br. The molecule has 240 valence electrons. The monoisotopic (exact) mass is 746 g/mol. The van der Waals surface area contributed by atoms with E-state index in [4.69, 9.17) is 46.9 Å². The third-order valence-corrected chi connectivity index (χ3v) is 9.59. The molecule has 1 aromatic heterocycles. The summed E-state index contributed by atoms with van der Waals surface area (Å²) in [7, 11) is 4.59. The molecule has 2 heterocycles. The van der Waals surface area contributed by atoms with Gasteiger partial charge in [0, 0.05) is 4.47 Å². The predicted molar refractivity (Wildman–Crippen MR) is 181 cm³/mol. The molecule has 0 N–H and O–H groups in total. The summed E-state index contributed by atoms with van der Waals surface area (Å²) in [5.41, 5.74) is 2.52. The van der Waals surface area contributed by atoms with Crippen molar-refractivity contribution >= 4 is 62.5 Å². The molecule has 5 rings (SSSR count). The molecule has 4 aromatic rings. The van der Waals surface area contributed by atoms with Crippen molar-refractivity contribution in [3.05, 3.63) is 111 Å². The van der Waals surface area contributed by atoms with Gasteiger partial charge >= 0.3 is 5.97 Å². The number of ether oxygens (including phenoxy) is 5. The van der Waals surface area contributed by atoms with Crippen LogP contribution in [0.3, 0.4) is 0 Å². The van der Waals surface area contributed by atoms with E-state index < -0.39 is 12.0 Å². The first-order valence-corrected chi connectivity index (χ1v) is 16.3. The van der Waals surface area contributed by atoms with Gasteiger partial charge in [-0.15, -0.1) is 0 Å². The van der Waals surface area contributed by atoms with Gasteiger partial charge in [0.25, 0.3) is 5.56 Å². The third-order valence-electron chi connectivity index (χ3n) is 7.18. The maximum Gasteiger partial charge on any atom is 0.338 e. The molecular formula is C33H29BrCl2N2O7S. The van der Waals surface area contributed by atoms with Gasteiger partial charge in [-0.05, 0) is 73.0 Å². The summed E-state index contributed by atoms with van der Waals surface area (Å²) in [5.74, 6) is 1.36. The molecule has 0 radical (unpaired) electrons. The first-order valence-electron chi connectivity index (χ1n) is 14.0. The predicted octanol–water partition coefficient (Wildman–Crippen LogP) is 6.47. The summed E-state index contributed by atoms with van der Waals surface area (Å²) in [6, 6.07) is 13.3. The van der Waals surface area contributed by atoms with Crippen molar-refractivity contribution in [3.63, 3.8) is 0 Å². The van der Waals surface area contributed by atoms with Crippen LogP contribution in [0.15, 0.2) is 74.1 Å². The van der Waals surface area contributed by atoms with Crippen molar-refractivity contribution in [2.75, 3.05) is 27.9 Å². The molecule has 1 aliphatic heterocycles. The highest BCUT2D eigenvalue weighted by Gasteiger charge is 2.35. The summed E-state index contributed by atoms with van der Waals surface area (Å²) in [5, 5.41) is 0.907. The van der Waals surface area contributed by atoms with Gasteiger partial charge in [-0.3, -0.25) is 9.36 Å². The van der Waals surface area contributed by atoms with E-state index in [1.54, 1.807) is 63.4 Å². The number of halogens is 3. The second-order valence-electron chi connectivity index (χ2n) is 9.98. The van der Waals surface area contributed by atoms with Gasteiger partial charge in [0.1, 0.15) is 6.61 Å². The number of nitrogens with zero attached hydrogens (tertiary/aromatic N) is 2. The second kappa shape index (κ2) is 14.3. The van der Waals surface area contributed by atoms with Crippen molar-refractivity contribution in [1.82, 2.24) is 4.57 Å². The van der Waals surface area contributed by atoms with E-state index in [1.807, 2.05) is 12.1 Å². The van der Waals surface area contributed by atoms with E-state index in [-0.39, 0.29) is 24.3 Å². The summed E-state index contributed by atoms with van der Waals surface area (Å²) in [6.07, 6.45) is 1.75. The normalized spacial score (nSPS) is 14.4. The quantitative estimate of drug-likeness (QED) is 0.172. The fourth-order valence-electron chi connectivity index (χ4n) is 5.00. The summed E-state index contributed by atoms with van der Waals surface area (Å²) < 4.78 is 30.5. The van der Waals surface area contributed by atoms with E-state index in [2.05, 4.69) is 20.9 Å². The van der Waals surface area contributed by atoms with Gasteiger partial charge in [0.05, 0.1) is 59.8 Å². The molecular weight excluding hydrogens is 719 g/mol. The highest BCUT2D eigenvalue weighted by Crippen LogP contribution is 2.41. The van der Waals surface area contributed by atoms with E-state index in [0.29, 0.717) is 63.7 Å². The molecule has 1 atom stereocenters. The Hall–Kier alpha value is -3.77. The largest absolute Gasteiger partial charge is 0.493 e. The second-order valence-corrected chi connectivity index (χ2v) is 12.7. The number of carbonyl (C=O) groups is 1. The Morgan fingerprint density at radius 3 is 2.35 bits per heavy atom. The van der Waals surface area contributed by atoms with E-state index in [9.17, 15) is 9.59 Å². The number of methoxy groups -OCH3 is 3. The van der Waals surface area contributed by atoms with Crippen molar-refractivity contribution in [2.24, 2.45) is 4.99 Å². The average molecular weight is 748 g/mol. The minimum atomic E-state index is -0.849. The maximum atomic E-state index is 14.1. The minimum absolute atomic E-state index is 0.162.